The van der Waals surface area contributed by atoms with Gasteiger partial charge < -0.3 is 14.6 Å². The molecule has 0 bridgehead atoms. The average molecular weight is 228 g/mol. The number of carboxylic acid groups (broad SMARTS) is 1. The number of hydrogen-bond acceptors (Lipinski definition) is 3. The van der Waals surface area contributed by atoms with Crippen molar-refractivity contribution in [1.82, 2.24) is 0 Å². The van der Waals surface area contributed by atoms with Crippen LogP contribution >= 0.6 is 0 Å². The minimum Gasteiger partial charge on any atom is -0.481 e. The van der Waals surface area contributed by atoms with Gasteiger partial charge in [0.05, 0.1) is 12.0 Å². The summed E-state index contributed by atoms with van der Waals surface area (Å²) in [6.45, 7) is 1.07. The third-order valence-corrected chi connectivity index (χ3v) is 4.22. The minimum absolute atomic E-state index is 0.402. The molecule has 0 aromatic rings. The first-order valence-corrected chi connectivity index (χ1v) is 6.03. The van der Waals surface area contributed by atoms with E-state index in [2.05, 4.69) is 0 Å². The normalized spacial score (nSPS) is 33.1. The lowest BCUT2D eigenvalue weighted by atomic mass is 9.57. The zero-order valence-corrected chi connectivity index (χ0v) is 9.83. The number of methoxy groups -OCH3 is 1. The Labute approximate surface area is 95.9 Å². The van der Waals surface area contributed by atoms with Crippen molar-refractivity contribution in [2.24, 2.45) is 5.41 Å². The Hall–Kier alpha value is -0.610. The number of carboxylic acids is 1. The van der Waals surface area contributed by atoms with Crippen LogP contribution in [0.1, 0.15) is 38.5 Å². The van der Waals surface area contributed by atoms with E-state index in [0.29, 0.717) is 13.2 Å². The van der Waals surface area contributed by atoms with E-state index in [9.17, 15) is 9.90 Å². The minimum atomic E-state index is -0.710. The van der Waals surface area contributed by atoms with Gasteiger partial charge in [0.15, 0.2) is 0 Å². The first kappa shape index (κ1) is 11.9. The van der Waals surface area contributed by atoms with Gasteiger partial charge in [-0.1, -0.05) is 6.42 Å². The van der Waals surface area contributed by atoms with Crippen LogP contribution in [0.15, 0.2) is 0 Å². The Balaban J connectivity index is 2.25. The summed E-state index contributed by atoms with van der Waals surface area (Å²) in [5.41, 5.74) is -1.27. The van der Waals surface area contributed by atoms with Crippen LogP contribution in [-0.4, -0.2) is 37.0 Å². The van der Waals surface area contributed by atoms with Gasteiger partial charge >= 0.3 is 5.97 Å². The number of ether oxygens (including phenoxy) is 2. The molecule has 1 aliphatic carbocycles. The van der Waals surface area contributed by atoms with E-state index < -0.39 is 17.0 Å². The summed E-state index contributed by atoms with van der Waals surface area (Å²) in [4.78, 5) is 11.5. The van der Waals surface area contributed by atoms with Crippen LogP contribution in [0.2, 0.25) is 0 Å². The van der Waals surface area contributed by atoms with Gasteiger partial charge in [-0.2, -0.15) is 0 Å². The predicted octanol–water partition coefficient (Wildman–Crippen LogP) is 1.83. The van der Waals surface area contributed by atoms with Crippen LogP contribution in [0.5, 0.6) is 0 Å². The van der Waals surface area contributed by atoms with Crippen molar-refractivity contribution in [3.05, 3.63) is 0 Å². The maximum absolute atomic E-state index is 11.5. The lowest BCUT2D eigenvalue weighted by Crippen LogP contribution is -2.62. The highest BCUT2D eigenvalue weighted by atomic mass is 16.5. The first-order chi connectivity index (χ1) is 7.67. The molecule has 1 saturated carbocycles. The van der Waals surface area contributed by atoms with E-state index in [4.69, 9.17) is 9.47 Å². The van der Waals surface area contributed by atoms with Crippen molar-refractivity contribution in [2.75, 3.05) is 20.3 Å². The van der Waals surface area contributed by atoms with Gasteiger partial charge in [0, 0.05) is 13.7 Å². The second-order valence-corrected chi connectivity index (χ2v) is 4.97. The van der Waals surface area contributed by atoms with Gasteiger partial charge in [0.1, 0.15) is 5.60 Å². The third kappa shape index (κ3) is 1.55. The summed E-state index contributed by atoms with van der Waals surface area (Å²) < 4.78 is 11.1. The fourth-order valence-electron chi connectivity index (χ4n) is 3.11. The molecule has 0 aromatic heterocycles. The molecule has 2 rings (SSSR count). The van der Waals surface area contributed by atoms with Crippen molar-refractivity contribution in [3.8, 4) is 0 Å². The summed E-state index contributed by atoms with van der Waals surface area (Å²) in [5, 5.41) is 9.49. The maximum Gasteiger partial charge on any atom is 0.312 e. The molecule has 0 spiro atoms. The molecular weight excluding hydrogens is 208 g/mol. The van der Waals surface area contributed by atoms with Crippen LogP contribution in [0.25, 0.3) is 0 Å². The molecule has 0 radical (unpaired) electrons. The molecule has 1 saturated heterocycles. The van der Waals surface area contributed by atoms with Crippen molar-refractivity contribution in [2.45, 2.75) is 44.1 Å². The van der Waals surface area contributed by atoms with Crippen molar-refractivity contribution < 1.29 is 19.4 Å². The van der Waals surface area contributed by atoms with Gasteiger partial charge in [-0.15, -0.1) is 0 Å². The summed E-state index contributed by atoms with van der Waals surface area (Å²) in [6, 6.07) is 0. The molecule has 1 unspecified atom stereocenters. The summed E-state index contributed by atoms with van der Waals surface area (Å²) >= 11 is 0. The maximum atomic E-state index is 11.5. The van der Waals surface area contributed by atoms with Crippen molar-refractivity contribution >= 4 is 5.97 Å². The molecule has 4 heteroatoms. The molecule has 0 amide bonds. The topological polar surface area (TPSA) is 55.8 Å². The largest absolute Gasteiger partial charge is 0.481 e. The third-order valence-electron chi connectivity index (χ3n) is 4.22. The highest BCUT2D eigenvalue weighted by molar-refractivity contribution is 5.77. The van der Waals surface area contributed by atoms with Gasteiger partial charge in [0.25, 0.3) is 0 Å². The lowest BCUT2D eigenvalue weighted by Gasteiger charge is -2.53. The first-order valence-electron chi connectivity index (χ1n) is 6.03. The number of carbonyl (C=O) groups is 1. The zero-order chi connectivity index (χ0) is 11.6. The monoisotopic (exact) mass is 228 g/mol. The molecular formula is C12H20O4. The Bertz CT molecular complexity index is 259. The molecule has 2 fully saturated rings. The smallest absolute Gasteiger partial charge is 0.312 e. The van der Waals surface area contributed by atoms with E-state index >= 15 is 0 Å². The van der Waals surface area contributed by atoms with E-state index in [1.165, 1.54) is 0 Å². The summed E-state index contributed by atoms with van der Waals surface area (Å²) in [6.07, 6.45) is 5.32. The molecule has 2 aliphatic rings. The quantitative estimate of drug-likeness (QED) is 0.797. The van der Waals surface area contributed by atoms with Crippen LogP contribution in [-0.2, 0) is 14.3 Å². The Morgan fingerprint density at radius 1 is 1.31 bits per heavy atom. The molecule has 0 aromatic carbocycles. The van der Waals surface area contributed by atoms with E-state index in [-0.39, 0.29) is 0 Å². The number of hydrogen-bond donors (Lipinski definition) is 1. The molecule has 92 valence electrons. The van der Waals surface area contributed by atoms with Crippen LogP contribution in [0.4, 0.5) is 0 Å². The highest BCUT2D eigenvalue weighted by Gasteiger charge is 2.61. The lowest BCUT2D eigenvalue weighted by molar-refractivity contribution is -0.223. The van der Waals surface area contributed by atoms with Crippen LogP contribution in [0.3, 0.4) is 0 Å². The van der Waals surface area contributed by atoms with Gasteiger partial charge in [-0.05, 0) is 32.1 Å². The van der Waals surface area contributed by atoms with Gasteiger partial charge in [-0.3, -0.25) is 4.79 Å². The predicted molar refractivity (Wildman–Crippen MR) is 58.3 cm³/mol. The number of rotatable bonds is 4. The van der Waals surface area contributed by atoms with E-state index in [1.807, 2.05) is 0 Å². The molecule has 1 aliphatic heterocycles. The molecule has 1 atom stereocenters. The Kier molecular flexibility index (Phi) is 3.22. The van der Waals surface area contributed by atoms with Crippen LogP contribution < -0.4 is 0 Å². The van der Waals surface area contributed by atoms with E-state index in [0.717, 1.165) is 38.5 Å². The van der Waals surface area contributed by atoms with Gasteiger partial charge in [-0.25, -0.2) is 0 Å². The SMILES string of the molecule is COCC1(C2(C(=O)O)CCC2)CCCCO1. The van der Waals surface area contributed by atoms with Crippen molar-refractivity contribution in [1.29, 1.82) is 0 Å². The Morgan fingerprint density at radius 2 is 2.06 bits per heavy atom. The fraction of sp³-hybridized carbons (Fsp3) is 0.917. The van der Waals surface area contributed by atoms with Gasteiger partial charge in [0.2, 0.25) is 0 Å². The summed E-state index contributed by atoms with van der Waals surface area (Å²) in [5.74, 6) is -0.710. The molecule has 16 heavy (non-hydrogen) atoms. The van der Waals surface area contributed by atoms with E-state index in [1.54, 1.807) is 7.11 Å². The highest BCUT2D eigenvalue weighted by Crippen LogP contribution is 2.54. The molecule has 1 heterocycles. The molecule has 4 nitrogen and oxygen atoms in total. The fourth-order valence-corrected chi connectivity index (χ4v) is 3.11. The number of aliphatic carboxylic acids is 1. The Morgan fingerprint density at radius 3 is 2.44 bits per heavy atom. The standard InChI is InChI=1S/C12H20O4/c1-15-9-12(7-2-3-8-16-12)11(10(13)14)5-4-6-11/h2-9H2,1H3,(H,13,14). The summed E-state index contributed by atoms with van der Waals surface area (Å²) in [7, 11) is 1.62. The van der Waals surface area contributed by atoms with Crippen molar-refractivity contribution in [3.63, 3.8) is 0 Å². The second kappa shape index (κ2) is 4.34. The van der Waals surface area contributed by atoms with Crippen LogP contribution in [0, 0.1) is 5.41 Å². The average Bonchev–Trinajstić information content (AvgIpc) is 2.16. The molecule has 1 N–H and O–H groups in total. The zero-order valence-electron chi connectivity index (χ0n) is 9.83. The second-order valence-electron chi connectivity index (χ2n) is 4.97.